The quantitative estimate of drug-likeness (QED) is 0.818. The Kier molecular flexibility index (Phi) is 2.95. The number of aliphatic hydroxyl groups is 1. The first kappa shape index (κ1) is 11.8. The highest BCUT2D eigenvalue weighted by Crippen LogP contribution is 2.50. The lowest BCUT2D eigenvalue weighted by molar-refractivity contribution is -0.0280. The molecule has 1 aromatic carbocycles. The minimum Gasteiger partial charge on any atom is -0.505 e. The fourth-order valence-electron chi connectivity index (χ4n) is 2.02. The molecule has 5 heteroatoms. The number of aliphatic hydroxyl groups excluding tert-OH is 1. The molecule has 0 unspecified atom stereocenters. The Morgan fingerprint density at radius 2 is 2.00 bits per heavy atom. The Balaban J connectivity index is 2.61. The van der Waals surface area contributed by atoms with Crippen LogP contribution in [0.3, 0.4) is 0 Å². The van der Waals surface area contributed by atoms with E-state index in [1.807, 2.05) is 13.8 Å². The van der Waals surface area contributed by atoms with E-state index in [0.717, 1.165) is 0 Å². The molecule has 0 bridgehead atoms. The van der Waals surface area contributed by atoms with E-state index < -0.39 is 6.29 Å². The molecule has 88 valence electrons. The molecule has 1 aliphatic rings. The maximum Gasteiger partial charge on any atom is 0.204 e. The van der Waals surface area contributed by atoms with E-state index in [4.69, 9.17) is 27.9 Å². The van der Waals surface area contributed by atoms with Crippen LogP contribution in [0.2, 0.25) is 10.0 Å². The molecule has 0 fully saturated rings. The second kappa shape index (κ2) is 3.99. The van der Waals surface area contributed by atoms with Gasteiger partial charge in [-0.05, 0) is 5.92 Å². The summed E-state index contributed by atoms with van der Waals surface area (Å²) in [5, 5.41) is 19.7. The Bertz CT molecular complexity index is 432. The average molecular weight is 263 g/mol. The molecule has 2 rings (SSSR count). The molecule has 0 radical (unpaired) electrons. The Labute approximate surface area is 104 Å². The van der Waals surface area contributed by atoms with Gasteiger partial charge < -0.3 is 14.9 Å². The van der Waals surface area contributed by atoms with Gasteiger partial charge in [0, 0.05) is 11.6 Å². The van der Waals surface area contributed by atoms with Gasteiger partial charge in [-0.15, -0.1) is 0 Å². The molecular formula is C11H12Cl2O3. The highest BCUT2D eigenvalue weighted by molar-refractivity contribution is 6.38. The van der Waals surface area contributed by atoms with Crippen LogP contribution in [0.5, 0.6) is 11.5 Å². The second-order valence-electron chi connectivity index (χ2n) is 4.21. The highest BCUT2D eigenvalue weighted by atomic mass is 35.5. The predicted octanol–water partition coefficient (Wildman–Crippen LogP) is 3.15. The number of halogens is 2. The van der Waals surface area contributed by atoms with Crippen molar-refractivity contribution in [3.05, 3.63) is 21.7 Å². The van der Waals surface area contributed by atoms with Crippen LogP contribution in [0, 0.1) is 5.92 Å². The fourth-order valence-corrected chi connectivity index (χ4v) is 2.58. The lowest BCUT2D eigenvalue weighted by atomic mass is 9.89. The summed E-state index contributed by atoms with van der Waals surface area (Å²) in [7, 11) is 0. The first-order valence-corrected chi connectivity index (χ1v) is 5.74. The van der Waals surface area contributed by atoms with Gasteiger partial charge in [-0.2, -0.15) is 0 Å². The highest BCUT2D eigenvalue weighted by Gasteiger charge is 2.38. The number of phenolic OH excluding ortho intramolecular Hbond substituents is 1. The van der Waals surface area contributed by atoms with Crippen LogP contribution >= 0.6 is 23.2 Å². The van der Waals surface area contributed by atoms with Crippen molar-refractivity contribution in [2.75, 3.05) is 0 Å². The standard InChI is InChI=1S/C11H12Cl2O3/c1-4(2)7-8-6(16-11(7)15)3-5(12)10(14)9(8)13/h3-4,7,11,14-15H,1-2H3/t7-,11-/m1/s1. The predicted molar refractivity (Wildman–Crippen MR) is 62.3 cm³/mol. The van der Waals surface area contributed by atoms with E-state index in [-0.39, 0.29) is 27.6 Å². The van der Waals surface area contributed by atoms with E-state index >= 15 is 0 Å². The SMILES string of the molecule is CC(C)[C@@H]1c2c(cc(Cl)c(O)c2Cl)O[C@H]1O. The van der Waals surface area contributed by atoms with Gasteiger partial charge in [0.2, 0.25) is 6.29 Å². The maximum absolute atomic E-state index is 9.78. The Hall–Kier alpha value is -0.640. The molecule has 0 spiro atoms. The molecule has 1 aliphatic heterocycles. The zero-order valence-corrected chi connectivity index (χ0v) is 10.4. The van der Waals surface area contributed by atoms with Crippen LogP contribution in [-0.2, 0) is 0 Å². The van der Waals surface area contributed by atoms with Crippen molar-refractivity contribution in [1.82, 2.24) is 0 Å². The van der Waals surface area contributed by atoms with Crippen molar-refractivity contribution in [3.63, 3.8) is 0 Å². The number of rotatable bonds is 1. The first-order chi connectivity index (χ1) is 7.43. The number of phenols is 1. The van der Waals surface area contributed by atoms with E-state index in [2.05, 4.69) is 0 Å². The molecule has 1 aromatic rings. The lowest BCUT2D eigenvalue weighted by Crippen LogP contribution is -2.21. The zero-order valence-electron chi connectivity index (χ0n) is 8.87. The third kappa shape index (κ3) is 1.63. The van der Waals surface area contributed by atoms with Crippen molar-refractivity contribution in [2.24, 2.45) is 5.92 Å². The van der Waals surface area contributed by atoms with Gasteiger partial charge in [-0.3, -0.25) is 0 Å². The fraction of sp³-hybridized carbons (Fsp3) is 0.455. The number of benzene rings is 1. The second-order valence-corrected chi connectivity index (χ2v) is 5.00. The Morgan fingerprint density at radius 1 is 1.38 bits per heavy atom. The third-order valence-electron chi connectivity index (χ3n) is 2.80. The minimum atomic E-state index is -0.939. The molecule has 2 atom stereocenters. The van der Waals surface area contributed by atoms with Crippen molar-refractivity contribution >= 4 is 23.2 Å². The number of aromatic hydroxyl groups is 1. The molecule has 0 amide bonds. The van der Waals surface area contributed by atoms with Gasteiger partial charge in [-0.1, -0.05) is 37.0 Å². The van der Waals surface area contributed by atoms with Crippen molar-refractivity contribution < 1.29 is 14.9 Å². The molecule has 16 heavy (non-hydrogen) atoms. The zero-order chi connectivity index (χ0) is 12.0. The van der Waals surface area contributed by atoms with Gasteiger partial charge in [-0.25, -0.2) is 0 Å². The number of ether oxygens (including phenoxy) is 1. The van der Waals surface area contributed by atoms with Crippen molar-refractivity contribution in [1.29, 1.82) is 0 Å². The van der Waals surface area contributed by atoms with Gasteiger partial charge in [0.15, 0.2) is 5.75 Å². The van der Waals surface area contributed by atoms with Crippen LogP contribution in [-0.4, -0.2) is 16.5 Å². The van der Waals surface area contributed by atoms with Crippen LogP contribution in [0.4, 0.5) is 0 Å². The Morgan fingerprint density at radius 3 is 2.56 bits per heavy atom. The largest absolute Gasteiger partial charge is 0.505 e. The first-order valence-electron chi connectivity index (χ1n) is 4.99. The maximum atomic E-state index is 9.78. The summed E-state index contributed by atoms with van der Waals surface area (Å²) in [4.78, 5) is 0. The summed E-state index contributed by atoms with van der Waals surface area (Å²) >= 11 is 11.8. The van der Waals surface area contributed by atoms with Crippen molar-refractivity contribution in [2.45, 2.75) is 26.1 Å². The van der Waals surface area contributed by atoms with Crippen LogP contribution in [0.1, 0.15) is 25.3 Å². The van der Waals surface area contributed by atoms with Gasteiger partial charge in [0.05, 0.1) is 16.0 Å². The molecular weight excluding hydrogens is 251 g/mol. The molecule has 0 saturated carbocycles. The monoisotopic (exact) mass is 262 g/mol. The molecule has 0 aliphatic carbocycles. The summed E-state index contributed by atoms with van der Waals surface area (Å²) in [5.74, 6) is 0.185. The van der Waals surface area contributed by atoms with E-state index in [9.17, 15) is 10.2 Å². The summed E-state index contributed by atoms with van der Waals surface area (Å²) in [5.41, 5.74) is 0.631. The lowest BCUT2D eigenvalue weighted by Gasteiger charge is -2.18. The molecule has 2 N–H and O–H groups in total. The van der Waals surface area contributed by atoms with Crippen LogP contribution in [0.15, 0.2) is 6.07 Å². The number of fused-ring (bicyclic) bond motifs is 1. The molecule has 1 heterocycles. The number of hydrogen-bond acceptors (Lipinski definition) is 3. The molecule has 0 aromatic heterocycles. The molecule has 0 saturated heterocycles. The van der Waals surface area contributed by atoms with E-state index in [1.165, 1.54) is 6.07 Å². The molecule has 3 nitrogen and oxygen atoms in total. The van der Waals surface area contributed by atoms with Gasteiger partial charge >= 0.3 is 0 Å². The summed E-state index contributed by atoms with van der Waals surface area (Å²) in [6.45, 7) is 3.91. The van der Waals surface area contributed by atoms with E-state index in [0.29, 0.717) is 11.3 Å². The average Bonchev–Trinajstić information content (AvgIpc) is 2.51. The summed E-state index contributed by atoms with van der Waals surface area (Å²) < 4.78 is 5.27. The van der Waals surface area contributed by atoms with Gasteiger partial charge in [0.1, 0.15) is 5.75 Å². The van der Waals surface area contributed by atoms with Crippen LogP contribution in [0.25, 0.3) is 0 Å². The smallest absolute Gasteiger partial charge is 0.204 e. The van der Waals surface area contributed by atoms with E-state index in [1.54, 1.807) is 0 Å². The summed E-state index contributed by atoms with van der Waals surface area (Å²) in [6, 6.07) is 1.48. The van der Waals surface area contributed by atoms with Crippen LogP contribution < -0.4 is 4.74 Å². The topological polar surface area (TPSA) is 49.7 Å². The number of hydrogen-bond donors (Lipinski definition) is 2. The normalized spacial score (nSPS) is 23.4. The summed E-state index contributed by atoms with van der Waals surface area (Å²) in [6.07, 6.45) is -0.939. The minimum absolute atomic E-state index is 0.125. The van der Waals surface area contributed by atoms with Crippen molar-refractivity contribution in [3.8, 4) is 11.5 Å². The van der Waals surface area contributed by atoms with Gasteiger partial charge in [0.25, 0.3) is 0 Å². The third-order valence-corrected chi connectivity index (χ3v) is 3.47.